The number of carboxylic acids is 1. The third-order valence-electron chi connectivity index (χ3n) is 1.15. The molecule has 0 aromatic rings. The number of hydrogen-bond donors (Lipinski definition) is 5. The fourth-order valence-corrected chi connectivity index (χ4v) is 0.663. The first-order valence-corrected chi connectivity index (χ1v) is 5.64. The summed E-state index contributed by atoms with van der Waals surface area (Å²) in [5.41, 5.74) is 4.77. The number of phosphoric ester groups is 1. The van der Waals surface area contributed by atoms with Crippen LogP contribution in [0.25, 0.3) is 0 Å². The van der Waals surface area contributed by atoms with Crippen molar-refractivity contribution in [2.45, 2.75) is 12.1 Å². The van der Waals surface area contributed by atoms with Crippen LogP contribution in [0.1, 0.15) is 0 Å². The summed E-state index contributed by atoms with van der Waals surface area (Å²) >= 11 is 0. The van der Waals surface area contributed by atoms with Crippen molar-refractivity contribution < 1.29 is 103 Å². The van der Waals surface area contributed by atoms with Crippen molar-refractivity contribution in [2.24, 2.45) is 5.73 Å². The van der Waals surface area contributed by atoms with E-state index in [4.69, 9.17) is 26.2 Å². The van der Waals surface area contributed by atoms with Crippen LogP contribution in [0.2, 0.25) is 0 Å². The molecule has 10 nitrogen and oxygen atoms in total. The molecule has 0 aromatic heterocycles. The zero-order valence-corrected chi connectivity index (χ0v) is 15.5. The van der Waals surface area contributed by atoms with Crippen molar-refractivity contribution in [1.29, 1.82) is 0 Å². The quantitative estimate of drug-likeness (QED) is 0.231. The van der Waals surface area contributed by atoms with E-state index in [2.05, 4.69) is 4.52 Å². The third-order valence-corrected chi connectivity index (χ3v) is 1.61. The van der Waals surface area contributed by atoms with E-state index in [9.17, 15) is 19.1 Å². The summed E-state index contributed by atoms with van der Waals surface area (Å²) in [4.78, 5) is 29.1. The molecule has 6 N–H and O–H groups in total. The first kappa shape index (κ1) is 28.6. The zero-order valence-electron chi connectivity index (χ0n) is 10.6. The second kappa shape index (κ2) is 15.8. The van der Waals surface area contributed by atoms with E-state index >= 15 is 0 Å². The number of carboxylic acid groups (broad SMARTS) is 1. The Hall–Kier alpha value is 1.42. The van der Waals surface area contributed by atoms with Crippen molar-refractivity contribution in [1.82, 2.24) is 0 Å². The van der Waals surface area contributed by atoms with Gasteiger partial charge in [-0.3, -0.25) is 4.79 Å². The molecule has 0 spiro atoms. The van der Waals surface area contributed by atoms with Crippen molar-refractivity contribution >= 4 is 13.8 Å². The number of phosphoric acid groups is 1. The largest absolute Gasteiger partial charge is 1.00 e. The molecule has 104 valence electrons. The van der Waals surface area contributed by atoms with Gasteiger partial charge in [-0.15, -0.1) is 0 Å². The van der Waals surface area contributed by atoms with E-state index in [1.807, 2.05) is 0 Å². The molecular weight excluding hydrogens is 307 g/mol. The number of aliphatic hydroxyl groups excluding tert-OH is 3. The second-order valence-corrected chi connectivity index (χ2v) is 3.86. The molecule has 13 heteroatoms. The van der Waals surface area contributed by atoms with Gasteiger partial charge in [-0.1, -0.05) is 0 Å². The Morgan fingerprint density at radius 1 is 1.26 bits per heavy atom. The van der Waals surface area contributed by atoms with Crippen LogP contribution < -0.4 is 74.6 Å². The number of carbonyl (C=O) groups is 1. The Labute approximate surface area is 153 Å². The first-order chi connectivity index (χ1) is 7.64. The molecule has 0 radical (unpaired) electrons. The van der Waals surface area contributed by atoms with Crippen LogP contribution in [0.3, 0.4) is 0 Å². The molecule has 0 aromatic carbocycles. The minimum Gasteiger partial charge on any atom is -0.790 e. The molecule has 0 aliphatic rings. The third kappa shape index (κ3) is 24.8. The minimum atomic E-state index is -5.00. The minimum absolute atomic E-state index is 0. The van der Waals surface area contributed by atoms with Crippen LogP contribution in [0.5, 0.6) is 0 Å². The Balaban J connectivity index is -0.000000112. The summed E-state index contributed by atoms with van der Waals surface area (Å²) in [7, 11) is -5.00. The zero-order chi connectivity index (χ0) is 14.1. The predicted molar refractivity (Wildman–Crippen MR) is 49.3 cm³/mol. The molecule has 0 rings (SSSR count). The van der Waals surface area contributed by atoms with Gasteiger partial charge < -0.3 is 45.0 Å². The number of aliphatic hydroxyl groups is 3. The summed E-state index contributed by atoms with van der Waals surface area (Å²) < 4.78 is 13.3. The average Bonchev–Trinajstić information content (AvgIpc) is 2.24. The van der Waals surface area contributed by atoms with E-state index in [1.165, 1.54) is 0 Å². The van der Waals surface area contributed by atoms with Crippen LogP contribution in [-0.2, 0) is 13.9 Å². The number of nitrogens with two attached hydrogens (primary N) is 1. The molecule has 19 heavy (non-hydrogen) atoms. The van der Waals surface area contributed by atoms with Gasteiger partial charge in [-0.2, -0.15) is 0 Å². The smallest absolute Gasteiger partial charge is 0.790 e. The summed E-state index contributed by atoms with van der Waals surface area (Å²) in [5, 5.41) is 32.5. The molecule has 0 saturated carbocycles. The maximum absolute atomic E-state index is 9.71. The molecule has 0 fully saturated rings. The van der Waals surface area contributed by atoms with E-state index in [0.29, 0.717) is 0 Å². The monoisotopic (exact) mass is 321 g/mol. The van der Waals surface area contributed by atoms with Gasteiger partial charge in [0.05, 0.1) is 27.6 Å². The van der Waals surface area contributed by atoms with Gasteiger partial charge in [0.15, 0.2) is 0 Å². The van der Waals surface area contributed by atoms with Crippen LogP contribution in [-0.4, -0.2) is 58.4 Å². The molecule has 0 aliphatic carbocycles. The molecule has 2 atom stereocenters. The normalized spacial score (nSPS) is 12.9. The number of aliphatic carboxylic acids is 1. The van der Waals surface area contributed by atoms with Gasteiger partial charge in [0, 0.05) is 0 Å². The number of rotatable bonds is 6. The molecule has 0 bridgehead atoms. The second-order valence-electron chi connectivity index (χ2n) is 2.71. The average molecular weight is 321 g/mol. The van der Waals surface area contributed by atoms with E-state index < -0.39 is 45.8 Å². The van der Waals surface area contributed by atoms with Gasteiger partial charge in [0.25, 0.3) is 0 Å². The fourth-order valence-electron chi connectivity index (χ4n) is 0.308. The van der Waals surface area contributed by atoms with Crippen LogP contribution in [0.4, 0.5) is 0 Å². The van der Waals surface area contributed by atoms with Crippen LogP contribution in [0, 0.1) is 0 Å². The maximum atomic E-state index is 9.71. The van der Waals surface area contributed by atoms with E-state index in [1.54, 1.807) is 0 Å². The molecule has 0 saturated heterocycles. The molecular formula is C6H14NNa2O9P. The van der Waals surface area contributed by atoms with Gasteiger partial charge in [0.1, 0.15) is 12.1 Å². The Morgan fingerprint density at radius 3 is 1.84 bits per heavy atom. The van der Waals surface area contributed by atoms with Crippen molar-refractivity contribution in [3.8, 4) is 0 Å². The van der Waals surface area contributed by atoms with Crippen LogP contribution in [0.15, 0.2) is 0 Å². The van der Waals surface area contributed by atoms with Gasteiger partial charge in [-0.05, 0) is 0 Å². The fraction of sp³-hybridized carbons (Fsp3) is 0.833. The van der Waals surface area contributed by atoms with Crippen molar-refractivity contribution in [3.05, 3.63) is 0 Å². The Kier molecular flexibility index (Phi) is 23.8. The van der Waals surface area contributed by atoms with Gasteiger partial charge in [-0.25, -0.2) is 0 Å². The molecule has 0 heterocycles. The Bertz CT molecular complexity index is 263. The summed E-state index contributed by atoms with van der Waals surface area (Å²) in [6.45, 7) is -1.84. The van der Waals surface area contributed by atoms with Gasteiger partial charge in [0.2, 0.25) is 0 Å². The van der Waals surface area contributed by atoms with E-state index in [0.717, 1.165) is 0 Å². The maximum Gasteiger partial charge on any atom is 1.00 e. The molecule has 2 unspecified atom stereocenters. The Morgan fingerprint density at radius 2 is 1.68 bits per heavy atom. The number of hydrogen-bond acceptors (Lipinski definition) is 9. The van der Waals surface area contributed by atoms with Gasteiger partial charge >= 0.3 is 65.1 Å². The van der Waals surface area contributed by atoms with E-state index in [-0.39, 0.29) is 59.1 Å². The summed E-state index contributed by atoms with van der Waals surface area (Å²) in [6, 6.07) is -1.13. The standard InChI is InChI=1S/C3H7NO3.C3H9O6P.2Na/c4-2(1-5)3(6)7;4-1-3(5)2-9-10(6,7)8;;/h2,5H,1,4H2,(H,6,7);3-5H,1-2H2,(H2,6,7,8);;/q;;2*+1/p-2. The molecule has 0 amide bonds. The predicted octanol–water partition coefficient (Wildman–Crippen LogP) is -10.4. The molecule has 0 aliphatic heterocycles. The SMILES string of the molecule is NC(CO)C(=O)O.O=P([O-])([O-])OCC(O)CO.[Na+].[Na+]. The summed E-state index contributed by atoms with van der Waals surface area (Å²) in [5.74, 6) is -1.18. The van der Waals surface area contributed by atoms with Crippen molar-refractivity contribution in [3.63, 3.8) is 0 Å². The van der Waals surface area contributed by atoms with Crippen LogP contribution >= 0.6 is 7.82 Å². The first-order valence-electron chi connectivity index (χ1n) is 4.18. The summed E-state index contributed by atoms with van der Waals surface area (Å²) in [6.07, 6.45) is -1.32. The van der Waals surface area contributed by atoms with Crippen molar-refractivity contribution in [2.75, 3.05) is 19.8 Å². The topological polar surface area (TPSA) is 196 Å².